The standard InChI is InChI=1S/C9H12Cl2N2O2S2/c10-8-5-7(9(11)16-8)17(14,15)13-6-1-3-12-4-2-6/h5-6,12-13H,1-4H2. The first-order valence-electron chi connectivity index (χ1n) is 5.17. The van der Waals surface area contributed by atoms with Gasteiger partial charge < -0.3 is 5.32 Å². The molecule has 0 atom stereocenters. The molecule has 0 aromatic carbocycles. The van der Waals surface area contributed by atoms with E-state index in [1.54, 1.807) is 0 Å². The van der Waals surface area contributed by atoms with Gasteiger partial charge in [-0.25, -0.2) is 13.1 Å². The smallest absolute Gasteiger partial charge is 0.243 e. The maximum Gasteiger partial charge on any atom is 0.243 e. The summed E-state index contributed by atoms with van der Waals surface area (Å²) in [6, 6.07) is 1.36. The zero-order chi connectivity index (χ0) is 12.5. The number of halogens is 2. The van der Waals surface area contributed by atoms with E-state index in [4.69, 9.17) is 23.2 Å². The lowest BCUT2D eigenvalue weighted by Gasteiger charge is -2.23. The van der Waals surface area contributed by atoms with Crippen LogP contribution in [0.5, 0.6) is 0 Å². The second kappa shape index (κ2) is 5.42. The number of hydrogen-bond donors (Lipinski definition) is 2. The van der Waals surface area contributed by atoms with Crippen molar-refractivity contribution in [3.05, 3.63) is 14.7 Å². The van der Waals surface area contributed by atoms with Crippen LogP contribution in [0.2, 0.25) is 8.67 Å². The molecule has 0 aliphatic carbocycles. The number of nitrogens with one attached hydrogen (secondary N) is 2. The molecule has 2 rings (SSSR count). The van der Waals surface area contributed by atoms with Gasteiger partial charge in [-0.3, -0.25) is 0 Å². The SMILES string of the molecule is O=S(=O)(NC1CCNCC1)c1cc(Cl)sc1Cl. The van der Waals surface area contributed by atoms with E-state index < -0.39 is 10.0 Å². The molecule has 96 valence electrons. The van der Waals surface area contributed by atoms with Crippen molar-refractivity contribution in [1.29, 1.82) is 0 Å². The van der Waals surface area contributed by atoms with E-state index in [-0.39, 0.29) is 15.3 Å². The monoisotopic (exact) mass is 314 g/mol. The van der Waals surface area contributed by atoms with Gasteiger partial charge in [-0.15, -0.1) is 11.3 Å². The van der Waals surface area contributed by atoms with Crippen LogP contribution in [0, 0.1) is 0 Å². The Balaban J connectivity index is 2.15. The van der Waals surface area contributed by atoms with Gasteiger partial charge in [-0.2, -0.15) is 0 Å². The molecule has 0 radical (unpaired) electrons. The van der Waals surface area contributed by atoms with Crippen molar-refractivity contribution < 1.29 is 8.42 Å². The summed E-state index contributed by atoms with van der Waals surface area (Å²) >= 11 is 12.7. The molecule has 0 unspecified atom stereocenters. The van der Waals surface area contributed by atoms with Crippen molar-refractivity contribution >= 4 is 44.6 Å². The van der Waals surface area contributed by atoms with Crippen molar-refractivity contribution in [2.75, 3.05) is 13.1 Å². The molecule has 1 aliphatic heterocycles. The topological polar surface area (TPSA) is 58.2 Å². The van der Waals surface area contributed by atoms with Gasteiger partial charge in [0.05, 0.1) is 4.34 Å². The van der Waals surface area contributed by atoms with Crippen LogP contribution in [0.15, 0.2) is 11.0 Å². The van der Waals surface area contributed by atoms with Gasteiger partial charge >= 0.3 is 0 Å². The molecule has 0 amide bonds. The minimum absolute atomic E-state index is 0.0315. The molecule has 8 heteroatoms. The number of sulfonamides is 1. The van der Waals surface area contributed by atoms with Crippen molar-refractivity contribution in [2.24, 2.45) is 0 Å². The van der Waals surface area contributed by atoms with E-state index in [1.807, 2.05) is 0 Å². The average Bonchev–Trinajstić information content (AvgIpc) is 2.59. The van der Waals surface area contributed by atoms with Crippen LogP contribution in [-0.4, -0.2) is 27.5 Å². The summed E-state index contributed by atoms with van der Waals surface area (Å²) in [4.78, 5) is 0.0766. The Bertz CT molecular complexity index is 495. The number of thiophene rings is 1. The second-order valence-electron chi connectivity index (χ2n) is 3.83. The highest BCUT2D eigenvalue weighted by Crippen LogP contribution is 2.34. The molecule has 2 heterocycles. The highest BCUT2D eigenvalue weighted by atomic mass is 35.5. The van der Waals surface area contributed by atoms with E-state index >= 15 is 0 Å². The summed E-state index contributed by atoms with van der Waals surface area (Å²) < 4.78 is 27.4. The maximum absolute atomic E-state index is 12.1. The molecular formula is C9H12Cl2N2O2S2. The molecule has 17 heavy (non-hydrogen) atoms. The Morgan fingerprint density at radius 3 is 2.53 bits per heavy atom. The summed E-state index contributed by atoms with van der Waals surface area (Å²) in [5, 5.41) is 3.18. The lowest BCUT2D eigenvalue weighted by Crippen LogP contribution is -2.42. The largest absolute Gasteiger partial charge is 0.317 e. The molecular weight excluding hydrogens is 303 g/mol. The first-order chi connectivity index (χ1) is 7.99. The Hall–Kier alpha value is 0.150. The normalized spacial score (nSPS) is 18.5. The molecule has 2 N–H and O–H groups in total. The number of rotatable bonds is 3. The van der Waals surface area contributed by atoms with Crippen LogP contribution < -0.4 is 10.0 Å². The van der Waals surface area contributed by atoms with Crippen LogP contribution in [0.4, 0.5) is 0 Å². The van der Waals surface area contributed by atoms with Crippen LogP contribution in [0.3, 0.4) is 0 Å². The number of piperidine rings is 1. The van der Waals surface area contributed by atoms with E-state index in [9.17, 15) is 8.42 Å². The van der Waals surface area contributed by atoms with E-state index in [0.29, 0.717) is 4.34 Å². The predicted octanol–water partition coefficient (Wildman–Crippen LogP) is 2.09. The minimum Gasteiger partial charge on any atom is -0.317 e. The van der Waals surface area contributed by atoms with Gasteiger partial charge in [-0.05, 0) is 32.0 Å². The predicted molar refractivity (Wildman–Crippen MR) is 70.6 cm³/mol. The Labute approximate surface area is 114 Å². The second-order valence-corrected chi connectivity index (χ2v) is 7.80. The van der Waals surface area contributed by atoms with Gasteiger partial charge in [0, 0.05) is 6.04 Å². The fourth-order valence-corrected chi connectivity index (χ4v) is 5.19. The molecule has 0 bridgehead atoms. The average molecular weight is 315 g/mol. The maximum atomic E-state index is 12.1. The molecule has 1 aromatic rings. The first-order valence-corrected chi connectivity index (χ1v) is 8.22. The van der Waals surface area contributed by atoms with E-state index in [0.717, 1.165) is 37.3 Å². The van der Waals surface area contributed by atoms with Crippen LogP contribution in [0.1, 0.15) is 12.8 Å². The summed E-state index contributed by atoms with van der Waals surface area (Å²) in [6.45, 7) is 1.65. The van der Waals surface area contributed by atoms with Gasteiger partial charge in [0.1, 0.15) is 9.23 Å². The highest BCUT2D eigenvalue weighted by molar-refractivity contribution is 7.89. The van der Waals surface area contributed by atoms with Crippen molar-refractivity contribution in [2.45, 2.75) is 23.8 Å². The van der Waals surface area contributed by atoms with Crippen molar-refractivity contribution in [3.63, 3.8) is 0 Å². The molecule has 1 aliphatic rings. The molecule has 0 spiro atoms. The third-order valence-electron chi connectivity index (χ3n) is 2.58. The fraction of sp³-hybridized carbons (Fsp3) is 0.556. The summed E-state index contributed by atoms with van der Waals surface area (Å²) in [7, 11) is -3.55. The zero-order valence-electron chi connectivity index (χ0n) is 8.87. The van der Waals surface area contributed by atoms with Crippen LogP contribution in [-0.2, 0) is 10.0 Å². The molecule has 4 nitrogen and oxygen atoms in total. The Kier molecular flexibility index (Phi) is 4.33. The van der Waals surface area contributed by atoms with Gasteiger partial charge in [0.25, 0.3) is 0 Å². The van der Waals surface area contributed by atoms with Crippen molar-refractivity contribution in [1.82, 2.24) is 10.0 Å². The third-order valence-corrected chi connectivity index (χ3v) is 5.85. The van der Waals surface area contributed by atoms with Gasteiger partial charge in [-0.1, -0.05) is 23.2 Å². The summed E-state index contributed by atoms with van der Waals surface area (Å²) in [5.74, 6) is 0. The zero-order valence-corrected chi connectivity index (χ0v) is 12.0. The van der Waals surface area contributed by atoms with Gasteiger partial charge in [0.2, 0.25) is 10.0 Å². The highest BCUT2D eigenvalue weighted by Gasteiger charge is 2.25. The lowest BCUT2D eigenvalue weighted by molar-refractivity contribution is 0.427. The summed E-state index contributed by atoms with van der Waals surface area (Å²) in [6.07, 6.45) is 1.57. The molecule has 1 aromatic heterocycles. The quantitative estimate of drug-likeness (QED) is 0.898. The van der Waals surface area contributed by atoms with E-state index in [2.05, 4.69) is 10.0 Å². The van der Waals surface area contributed by atoms with E-state index in [1.165, 1.54) is 6.07 Å². The molecule has 0 saturated carbocycles. The van der Waals surface area contributed by atoms with Gasteiger partial charge in [0.15, 0.2) is 0 Å². The first kappa shape index (κ1) is 13.6. The van der Waals surface area contributed by atoms with Crippen molar-refractivity contribution in [3.8, 4) is 0 Å². The third kappa shape index (κ3) is 3.33. The molecule has 1 saturated heterocycles. The minimum atomic E-state index is -3.55. The Morgan fingerprint density at radius 2 is 2.00 bits per heavy atom. The van der Waals surface area contributed by atoms with Crippen LogP contribution >= 0.6 is 34.5 Å². The fourth-order valence-electron chi connectivity index (χ4n) is 1.73. The molecule has 1 fully saturated rings. The lowest BCUT2D eigenvalue weighted by atomic mass is 10.1. The summed E-state index contributed by atoms with van der Waals surface area (Å²) in [5.41, 5.74) is 0. The van der Waals surface area contributed by atoms with Crippen LogP contribution in [0.25, 0.3) is 0 Å². The number of hydrogen-bond acceptors (Lipinski definition) is 4. The Morgan fingerprint density at radius 1 is 1.35 bits per heavy atom.